The lowest BCUT2D eigenvalue weighted by atomic mass is 10.0. The highest BCUT2D eigenvalue weighted by atomic mass is 16.7. The van der Waals surface area contributed by atoms with Gasteiger partial charge in [0.25, 0.3) is 0 Å². The fourth-order valence-electron chi connectivity index (χ4n) is 3.17. The second-order valence-corrected chi connectivity index (χ2v) is 6.93. The lowest BCUT2D eigenvalue weighted by molar-refractivity contribution is -0.135. The van der Waals surface area contributed by atoms with Gasteiger partial charge in [0, 0.05) is 25.0 Å². The van der Waals surface area contributed by atoms with Crippen LogP contribution in [-0.4, -0.2) is 58.8 Å². The van der Waals surface area contributed by atoms with E-state index < -0.39 is 6.04 Å². The van der Waals surface area contributed by atoms with Crippen LogP contribution in [-0.2, 0) is 11.3 Å². The molecule has 2 aromatic heterocycles. The van der Waals surface area contributed by atoms with E-state index in [1.54, 1.807) is 30.4 Å². The highest BCUT2D eigenvalue weighted by Crippen LogP contribution is 2.35. The van der Waals surface area contributed by atoms with Gasteiger partial charge in [0.2, 0.25) is 24.4 Å². The maximum atomic E-state index is 13.2. The molecule has 3 aromatic rings. The molecule has 0 aliphatic carbocycles. The number of ether oxygens (including phenoxy) is 2. The summed E-state index contributed by atoms with van der Waals surface area (Å²) in [4.78, 5) is 25.0. The van der Waals surface area contributed by atoms with Crippen LogP contribution in [0.3, 0.4) is 0 Å². The lowest BCUT2D eigenvalue weighted by Gasteiger charge is -2.28. The number of amides is 1. The SMILES string of the molecule is CN(Cc1nc(-c2cccnc2)no1)C(=O)[C@@H](c1ccc2c(c1)OCO2)N(C)C. The van der Waals surface area contributed by atoms with Crippen LogP contribution in [0.25, 0.3) is 11.4 Å². The zero-order valence-corrected chi connectivity index (χ0v) is 16.4. The Morgan fingerprint density at radius 1 is 1.17 bits per heavy atom. The smallest absolute Gasteiger partial charge is 0.246 e. The molecule has 0 spiro atoms. The van der Waals surface area contributed by atoms with Gasteiger partial charge in [0.1, 0.15) is 6.04 Å². The third-order valence-corrected chi connectivity index (χ3v) is 4.60. The van der Waals surface area contributed by atoms with E-state index >= 15 is 0 Å². The summed E-state index contributed by atoms with van der Waals surface area (Å²) < 4.78 is 16.1. The van der Waals surface area contributed by atoms with Crippen LogP contribution < -0.4 is 9.47 Å². The summed E-state index contributed by atoms with van der Waals surface area (Å²) in [5.74, 6) is 2.01. The molecule has 0 bridgehead atoms. The van der Waals surface area contributed by atoms with E-state index in [0.717, 1.165) is 11.1 Å². The Morgan fingerprint density at radius 3 is 2.76 bits per heavy atom. The van der Waals surface area contributed by atoms with Crippen LogP contribution in [0.1, 0.15) is 17.5 Å². The van der Waals surface area contributed by atoms with Gasteiger partial charge in [-0.05, 0) is 43.9 Å². The van der Waals surface area contributed by atoms with Crippen LogP contribution in [0, 0.1) is 0 Å². The van der Waals surface area contributed by atoms with Gasteiger partial charge in [0.05, 0.1) is 6.54 Å². The van der Waals surface area contributed by atoms with Gasteiger partial charge in [-0.2, -0.15) is 4.98 Å². The molecule has 9 nitrogen and oxygen atoms in total. The molecule has 0 unspecified atom stereocenters. The Bertz CT molecular complexity index is 1010. The number of likely N-dealkylation sites (N-methyl/N-ethyl adjacent to an activating group) is 2. The van der Waals surface area contributed by atoms with Crippen molar-refractivity contribution in [2.75, 3.05) is 27.9 Å². The first-order valence-electron chi connectivity index (χ1n) is 9.07. The van der Waals surface area contributed by atoms with Crippen molar-refractivity contribution in [3.05, 3.63) is 54.2 Å². The fraction of sp³-hybridized carbons (Fsp3) is 0.300. The molecule has 3 heterocycles. The van der Waals surface area contributed by atoms with Crippen LogP contribution >= 0.6 is 0 Å². The highest BCUT2D eigenvalue weighted by molar-refractivity contribution is 5.83. The molecular formula is C20H21N5O4. The van der Waals surface area contributed by atoms with Crippen molar-refractivity contribution < 1.29 is 18.8 Å². The molecule has 1 aliphatic heterocycles. The van der Waals surface area contributed by atoms with Crippen molar-refractivity contribution in [1.29, 1.82) is 0 Å². The summed E-state index contributed by atoms with van der Waals surface area (Å²) in [5, 5.41) is 3.97. The van der Waals surface area contributed by atoms with Gasteiger partial charge >= 0.3 is 0 Å². The molecule has 1 aromatic carbocycles. The summed E-state index contributed by atoms with van der Waals surface area (Å²) in [7, 11) is 5.42. The number of rotatable bonds is 6. The standard InChI is InChI=1S/C20H21N5O4/c1-24(2)18(13-6-7-15-16(9-13)28-12-27-15)20(26)25(3)11-17-22-19(23-29-17)14-5-4-8-21-10-14/h4-10,18H,11-12H2,1-3H3/t18-/m1/s1. The number of hydrogen-bond donors (Lipinski definition) is 0. The van der Waals surface area contributed by atoms with E-state index in [2.05, 4.69) is 15.1 Å². The molecule has 0 saturated carbocycles. The van der Waals surface area contributed by atoms with Crippen LogP contribution in [0.2, 0.25) is 0 Å². The zero-order valence-electron chi connectivity index (χ0n) is 16.4. The molecule has 29 heavy (non-hydrogen) atoms. The van der Waals surface area contributed by atoms with Crippen molar-refractivity contribution in [2.24, 2.45) is 0 Å². The molecule has 1 aliphatic rings. The predicted molar refractivity (Wildman–Crippen MR) is 103 cm³/mol. The van der Waals surface area contributed by atoms with Crippen molar-refractivity contribution in [2.45, 2.75) is 12.6 Å². The number of hydrogen-bond acceptors (Lipinski definition) is 8. The predicted octanol–water partition coefficient (Wildman–Crippen LogP) is 2.12. The van der Waals surface area contributed by atoms with Crippen molar-refractivity contribution >= 4 is 5.91 Å². The summed E-state index contributed by atoms with van der Waals surface area (Å²) in [6.45, 7) is 0.386. The molecule has 0 fully saturated rings. The second kappa shape index (κ2) is 7.88. The summed E-state index contributed by atoms with van der Waals surface area (Å²) >= 11 is 0. The van der Waals surface area contributed by atoms with Gasteiger partial charge in [-0.3, -0.25) is 14.7 Å². The summed E-state index contributed by atoms with van der Waals surface area (Å²) in [5.41, 5.74) is 1.57. The van der Waals surface area contributed by atoms with Gasteiger partial charge < -0.3 is 18.9 Å². The zero-order chi connectivity index (χ0) is 20.4. The van der Waals surface area contributed by atoms with Crippen LogP contribution in [0.4, 0.5) is 0 Å². The minimum absolute atomic E-state index is 0.102. The first kappa shape index (κ1) is 18.9. The lowest BCUT2D eigenvalue weighted by Crippen LogP contribution is -2.38. The van der Waals surface area contributed by atoms with Crippen LogP contribution in [0.15, 0.2) is 47.2 Å². The van der Waals surface area contributed by atoms with Crippen molar-refractivity contribution in [3.8, 4) is 22.9 Å². The highest BCUT2D eigenvalue weighted by Gasteiger charge is 2.29. The Balaban J connectivity index is 1.50. The number of fused-ring (bicyclic) bond motifs is 1. The van der Waals surface area contributed by atoms with Gasteiger partial charge in [0.15, 0.2) is 11.5 Å². The average Bonchev–Trinajstić information content (AvgIpc) is 3.37. The number of aromatic nitrogens is 3. The second-order valence-electron chi connectivity index (χ2n) is 6.93. The average molecular weight is 395 g/mol. The summed E-state index contributed by atoms with van der Waals surface area (Å²) in [6.07, 6.45) is 3.33. The minimum atomic E-state index is -0.491. The minimum Gasteiger partial charge on any atom is -0.454 e. The first-order valence-corrected chi connectivity index (χ1v) is 9.07. The van der Waals surface area contributed by atoms with E-state index in [1.165, 1.54) is 0 Å². The maximum absolute atomic E-state index is 13.2. The molecular weight excluding hydrogens is 374 g/mol. The van der Waals surface area contributed by atoms with E-state index in [0.29, 0.717) is 23.2 Å². The fourth-order valence-corrected chi connectivity index (χ4v) is 3.17. The molecule has 1 atom stereocenters. The molecule has 9 heteroatoms. The molecule has 150 valence electrons. The molecule has 4 rings (SSSR count). The molecule has 0 N–H and O–H groups in total. The first-order chi connectivity index (χ1) is 14.0. The van der Waals surface area contributed by atoms with Gasteiger partial charge in [-0.1, -0.05) is 11.2 Å². The van der Waals surface area contributed by atoms with Gasteiger partial charge in [-0.15, -0.1) is 0 Å². The van der Waals surface area contributed by atoms with Crippen molar-refractivity contribution in [1.82, 2.24) is 24.9 Å². The Kier molecular flexibility index (Phi) is 5.13. The molecule has 1 amide bonds. The van der Waals surface area contributed by atoms with Crippen molar-refractivity contribution in [3.63, 3.8) is 0 Å². The number of carbonyl (C=O) groups is 1. The third-order valence-electron chi connectivity index (χ3n) is 4.60. The quantitative estimate of drug-likeness (QED) is 0.627. The topological polar surface area (TPSA) is 93.8 Å². The normalized spacial score (nSPS) is 13.5. The molecule has 0 radical (unpaired) electrons. The Morgan fingerprint density at radius 2 is 2.00 bits per heavy atom. The monoisotopic (exact) mass is 395 g/mol. The maximum Gasteiger partial charge on any atom is 0.246 e. The van der Waals surface area contributed by atoms with E-state index in [9.17, 15) is 4.79 Å². The van der Waals surface area contributed by atoms with Crippen LogP contribution in [0.5, 0.6) is 11.5 Å². The Labute approximate surface area is 167 Å². The van der Waals surface area contributed by atoms with Gasteiger partial charge in [-0.25, -0.2) is 0 Å². The third kappa shape index (κ3) is 3.90. The number of benzene rings is 1. The van der Waals surface area contributed by atoms with E-state index in [4.69, 9.17) is 14.0 Å². The number of carbonyl (C=O) groups excluding carboxylic acids is 1. The Hall–Kier alpha value is -3.46. The number of pyridine rings is 1. The van der Waals surface area contributed by atoms with E-state index in [-0.39, 0.29) is 19.2 Å². The largest absolute Gasteiger partial charge is 0.454 e. The van der Waals surface area contributed by atoms with E-state index in [1.807, 2.05) is 43.3 Å². The number of nitrogens with zero attached hydrogens (tertiary/aromatic N) is 5. The summed E-state index contributed by atoms with van der Waals surface area (Å²) in [6, 6.07) is 8.69. The molecule has 0 saturated heterocycles.